The first-order chi connectivity index (χ1) is 13.2. The van der Waals surface area contributed by atoms with Crippen LogP contribution in [-0.4, -0.2) is 15.7 Å². The number of carbonyl (C=O) groups is 1. The van der Waals surface area contributed by atoms with Crippen molar-refractivity contribution in [2.24, 2.45) is 0 Å². The Labute approximate surface area is 172 Å². The van der Waals surface area contributed by atoms with Crippen LogP contribution >= 0.6 is 34.8 Å². The number of carbonyl (C=O) groups excluding carboxylic acids is 1. The molecule has 1 amide bonds. The van der Waals surface area contributed by atoms with Crippen LogP contribution in [0, 0.1) is 0 Å². The van der Waals surface area contributed by atoms with E-state index in [-0.39, 0.29) is 17.3 Å². The van der Waals surface area contributed by atoms with Gasteiger partial charge in [-0.3, -0.25) is 4.79 Å². The van der Waals surface area contributed by atoms with E-state index in [0.717, 1.165) is 6.20 Å². The molecule has 0 atom stereocenters. The van der Waals surface area contributed by atoms with Gasteiger partial charge in [-0.15, -0.1) is 0 Å². The molecule has 0 aliphatic heterocycles. The van der Waals surface area contributed by atoms with E-state index in [1.807, 2.05) is 0 Å². The number of benzene rings is 2. The molecule has 10 heteroatoms. The van der Waals surface area contributed by atoms with Crippen LogP contribution in [0.2, 0.25) is 15.1 Å². The SMILES string of the molecule is O=C(NCc1ccc(Cl)c(Cl)c1)c1cnn(-c2ccc(Cl)cc2)c1C(F)(F)F. The Balaban J connectivity index is 1.89. The molecular formula is C18H11Cl3F3N3O. The summed E-state index contributed by atoms with van der Waals surface area (Å²) in [6.07, 6.45) is -3.92. The van der Waals surface area contributed by atoms with Crippen molar-refractivity contribution in [2.75, 3.05) is 0 Å². The molecule has 0 aliphatic rings. The van der Waals surface area contributed by atoms with Crippen molar-refractivity contribution >= 4 is 40.7 Å². The van der Waals surface area contributed by atoms with Crippen molar-refractivity contribution in [2.45, 2.75) is 12.7 Å². The summed E-state index contributed by atoms with van der Waals surface area (Å²) in [5.74, 6) is -0.918. The second kappa shape index (κ2) is 8.03. The van der Waals surface area contributed by atoms with Gasteiger partial charge in [-0.05, 0) is 42.0 Å². The van der Waals surface area contributed by atoms with Gasteiger partial charge in [0, 0.05) is 11.6 Å². The van der Waals surface area contributed by atoms with Crippen molar-refractivity contribution in [3.8, 4) is 5.69 Å². The van der Waals surface area contributed by atoms with E-state index in [0.29, 0.717) is 20.3 Å². The third-order valence-corrected chi connectivity index (χ3v) is 4.78. The third kappa shape index (κ3) is 4.43. The summed E-state index contributed by atoms with van der Waals surface area (Å²) in [6.45, 7) is -0.0286. The smallest absolute Gasteiger partial charge is 0.348 e. The van der Waals surface area contributed by atoms with E-state index in [1.165, 1.54) is 36.4 Å². The van der Waals surface area contributed by atoms with E-state index >= 15 is 0 Å². The van der Waals surface area contributed by atoms with E-state index in [9.17, 15) is 18.0 Å². The van der Waals surface area contributed by atoms with Crippen molar-refractivity contribution < 1.29 is 18.0 Å². The normalized spacial score (nSPS) is 11.5. The summed E-state index contributed by atoms with van der Waals surface area (Å²) in [7, 11) is 0. The molecule has 0 spiro atoms. The second-order valence-corrected chi connectivity index (χ2v) is 6.97. The lowest BCUT2D eigenvalue weighted by Crippen LogP contribution is -2.26. The molecule has 28 heavy (non-hydrogen) atoms. The summed E-state index contributed by atoms with van der Waals surface area (Å²) in [6, 6.07) is 10.3. The van der Waals surface area contributed by atoms with Gasteiger partial charge in [-0.2, -0.15) is 18.3 Å². The number of nitrogens with one attached hydrogen (secondary N) is 1. The van der Waals surface area contributed by atoms with Gasteiger partial charge in [0.15, 0.2) is 5.69 Å². The Morgan fingerprint density at radius 1 is 1.04 bits per heavy atom. The lowest BCUT2D eigenvalue weighted by Gasteiger charge is -2.13. The molecule has 0 saturated carbocycles. The van der Waals surface area contributed by atoms with Crippen molar-refractivity contribution in [1.82, 2.24) is 15.1 Å². The molecule has 0 fully saturated rings. The number of alkyl halides is 3. The number of halogens is 6. The van der Waals surface area contributed by atoms with Crippen molar-refractivity contribution in [1.29, 1.82) is 0 Å². The summed E-state index contributed by atoms with van der Waals surface area (Å²) >= 11 is 17.5. The van der Waals surface area contributed by atoms with Crippen molar-refractivity contribution in [3.05, 3.63) is 80.6 Å². The van der Waals surface area contributed by atoms with Gasteiger partial charge < -0.3 is 5.32 Å². The highest BCUT2D eigenvalue weighted by molar-refractivity contribution is 6.42. The highest BCUT2D eigenvalue weighted by Gasteiger charge is 2.40. The largest absolute Gasteiger partial charge is 0.434 e. The molecule has 2 aromatic carbocycles. The lowest BCUT2D eigenvalue weighted by molar-refractivity contribution is -0.143. The van der Waals surface area contributed by atoms with Crippen LogP contribution in [0.4, 0.5) is 13.2 Å². The van der Waals surface area contributed by atoms with Gasteiger partial charge in [-0.1, -0.05) is 40.9 Å². The van der Waals surface area contributed by atoms with Crippen LogP contribution < -0.4 is 5.32 Å². The van der Waals surface area contributed by atoms with E-state index in [4.69, 9.17) is 34.8 Å². The van der Waals surface area contributed by atoms with Crippen LogP contribution in [-0.2, 0) is 12.7 Å². The monoisotopic (exact) mass is 447 g/mol. The average Bonchev–Trinajstić information content (AvgIpc) is 3.09. The first-order valence-corrected chi connectivity index (χ1v) is 8.93. The minimum absolute atomic E-state index is 0.0286. The lowest BCUT2D eigenvalue weighted by atomic mass is 10.2. The number of aromatic nitrogens is 2. The first-order valence-electron chi connectivity index (χ1n) is 7.80. The number of hydrogen-bond donors (Lipinski definition) is 1. The van der Waals surface area contributed by atoms with Gasteiger partial charge in [-0.25, -0.2) is 4.68 Å². The zero-order valence-electron chi connectivity index (χ0n) is 13.9. The molecule has 3 aromatic rings. The fraction of sp³-hybridized carbons (Fsp3) is 0.111. The Morgan fingerprint density at radius 3 is 2.32 bits per heavy atom. The predicted octanol–water partition coefficient (Wildman–Crippen LogP) is 5.78. The number of nitrogens with zero attached hydrogens (tertiary/aromatic N) is 2. The molecule has 1 aromatic heterocycles. The first kappa shape index (κ1) is 20.5. The summed E-state index contributed by atoms with van der Waals surface area (Å²) in [5, 5.41) is 7.15. The highest BCUT2D eigenvalue weighted by Crippen LogP contribution is 2.34. The maximum Gasteiger partial charge on any atom is 0.434 e. The van der Waals surface area contributed by atoms with E-state index in [2.05, 4.69) is 10.4 Å². The van der Waals surface area contributed by atoms with Crippen LogP contribution in [0.15, 0.2) is 48.7 Å². The summed E-state index contributed by atoms with van der Waals surface area (Å²) in [4.78, 5) is 12.4. The molecule has 1 heterocycles. The Bertz CT molecular complexity index is 1020. The molecule has 3 rings (SSSR count). The van der Waals surface area contributed by atoms with Crippen molar-refractivity contribution in [3.63, 3.8) is 0 Å². The fourth-order valence-corrected chi connectivity index (χ4v) is 2.94. The van der Waals surface area contributed by atoms with Crippen LogP contribution in [0.3, 0.4) is 0 Å². The van der Waals surface area contributed by atoms with Gasteiger partial charge in [0.25, 0.3) is 5.91 Å². The second-order valence-electron chi connectivity index (χ2n) is 5.72. The molecule has 1 N–H and O–H groups in total. The minimum Gasteiger partial charge on any atom is -0.348 e. The Kier molecular flexibility index (Phi) is 5.88. The predicted molar refractivity (Wildman–Crippen MR) is 101 cm³/mol. The Hall–Kier alpha value is -2.22. The highest BCUT2D eigenvalue weighted by atomic mass is 35.5. The molecule has 0 bridgehead atoms. The molecular weight excluding hydrogens is 438 g/mol. The zero-order chi connectivity index (χ0) is 20.5. The molecule has 4 nitrogen and oxygen atoms in total. The summed E-state index contributed by atoms with van der Waals surface area (Å²) < 4.78 is 41.5. The molecule has 0 unspecified atom stereocenters. The number of rotatable bonds is 4. The van der Waals surface area contributed by atoms with Gasteiger partial charge in [0.05, 0.1) is 27.5 Å². The third-order valence-electron chi connectivity index (χ3n) is 3.79. The molecule has 0 radical (unpaired) electrons. The van der Waals surface area contributed by atoms with Crippen LogP contribution in [0.1, 0.15) is 21.6 Å². The van der Waals surface area contributed by atoms with Crippen LogP contribution in [0.5, 0.6) is 0 Å². The number of amides is 1. The molecule has 0 aliphatic carbocycles. The standard InChI is InChI=1S/C18H11Cl3F3N3O/c19-11-2-4-12(5-3-11)27-16(18(22,23)24)13(9-26-27)17(28)25-8-10-1-6-14(20)15(21)7-10/h1-7,9H,8H2,(H,25,28). The zero-order valence-corrected chi connectivity index (χ0v) is 16.2. The quantitative estimate of drug-likeness (QED) is 0.550. The van der Waals surface area contributed by atoms with Gasteiger partial charge >= 0.3 is 6.18 Å². The number of hydrogen-bond acceptors (Lipinski definition) is 2. The topological polar surface area (TPSA) is 46.9 Å². The summed E-state index contributed by atoms with van der Waals surface area (Å²) in [5.41, 5.74) is -1.06. The Morgan fingerprint density at radius 2 is 1.71 bits per heavy atom. The van der Waals surface area contributed by atoms with E-state index < -0.39 is 23.3 Å². The maximum absolute atomic E-state index is 13.6. The van der Waals surface area contributed by atoms with E-state index in [1.54, 1.807) is 6.07 Å². The fourth-order valence-electron chi connectivity index (χ4n) is 2.49. The minimum atomic E-state index is -4.80. The van der Waals surface area contributed by atoms with Gasteiger partial charge in [0.1, 0.15) is 0 Å². The maximum atomic E-state index is 13.6. The van der Waals surface area contributed by atoms with Crippen LogP contribution in [0.25, 0.3) is 5.69 Å². The average molecular weight is 449 g/mol. The van der Waals surface area contributed by atoms with Gasteiger partial charge in [0.2, 0.25) is 0 Å². The molecule has 146 valence electrons. The molecule has 0 saturated heterocycles.